The molecule has 0 unspecified atom stereocenters. The molecule has 2 aliphatic heterocycles. The molecule has 1 saturated heterocycles. The molecule has 3 amide bonds. The lowest BCUT2D eigenvalue weighted by molar-refractivity contribution is -0.116. The van der Waals surface area contributed by atoms with E-state index in [1.165, 1.54) is 19.3 Å². The van der Waals surface area contributed by atoms with Crippen LogP contribution in [0.5, 0.6) is 0 Å². The van der Waals surface area contributed by atoms with E-state index < -0.39 is 0 Å². The zero-order chi connectivity index (χ0) is 15.8. The molecule has 1 aromatic rings. The summed E-state index contributed by atoms with van der Waals surface area (Å²) in [6, 6.07) is 6.23. The highest BCUT2D eigenvalue weighted by molar-refractivity contribution is 5.96. The summed E-state index contributed by atoms with van der Waals surface area (Å²) in [6.07, 6.45) is 7.32. The standard InChI is InChI=1S/C18H23N3O2/c22-17-9-7-12-6-8-14(11-15(12)20-17)19-18(23)21-10-2-4-13-3-1-5-16(13)21/h6,8,11,13,16H,1-5,7,9-10H2,(H,19,23)(H,20,22)/t13-,16-/m1/s1. The van der Waals surface area contributed by atoms with E-state index in [-0.39, 0.29) is 11.9 Å². The van der Waals surface area contributed by atoms with E-state index in [1.807, 2.05) is 23.1 Å². The summed E-state index contributed by atoms with van der Waals surface area (Å²) in [5, 5.41) is 5.91. The predicted molar refractivity (Wildman–Crippen MR) is 89.5 cm³/mol. The number of aryl methyl sites for hydroxylation is 1. The van der Waals surface area contributed by atoms with Gasteiger partial charge in [-0.15, -0.1) is 0 Å². The summed E-state index contributed by atoms with van der Waals surface area (Å²) in [5.41, 5.74) is 2.73. The zero-order valence-electron chi connectivity index (χ0n) is 13.3. The van der Waals surface area contributed by atoms with E-state index in [4.69, 9.17) is 0 Å². The minimum Gasteiger partial charge on any atom is -0.326 e. The Hall–Kier alpha value is -2.04. The van der Waals surface area contributed by atoms with E-state index in [0.29, 0.717) is 18.4 Å². The number of nitrogens with one attached hydrogen (secondary N) is 2. The Morgan fingerprint density at radius 2 is 2.04 bits per heavy atom. The van der Waals surface area contributed by atoms with Crippen molar-refractivity contribution in [2.24, 2.45) is 5.92 Å². The Morgan fingerprint density at radius 3 is 2.96 bits per heavy atom. The van der Waals surface area contributed by atoms with E-state index in [2.05, 4.69) is 10.6 Å². The topological polar surface area (TPSA) is 61.4 Å². The van der Waals surface area contributed by atoms with Gasteiger partial charge in [-0.1, -0.05) is 12.5 Å². The average Bonchev–Trinajstić information content (AvgIpc) is 3.02. The van der Waals surface area contributed by atoms with Crippen LogP contribution < -0.4 is 10.6 Å². The third kappa shape index (κ3) is 2.80. The van der Waals surface area contributed by atoms with Gasteiger partial charge in [-0.2, -0.15) is 0 Å². The van der Waals surface area contributed by atoms with Crippen molar-refractivity contribution in [3.63, 3.8) is 0 Å². The zero-order valence-corrected chi connectivity index (χ0v) is 13.3. The van der Waals surface area contributed by atoms with Crippen molar-refractivity contribution in [3.8, 4) is 0 Å². The molecule has 1 saturated carbocycles. The van der Waals surface area contributed by atoms with Crippen LogP contribution in [0, 0.1) is 5.92 Å². The Balaban J connectivity index is 1.48. The minimum atomic E-state index is 0.00341. The van der Waals surface area contributed by atoms with Crippen LogP contribution in [0.1, 0.15) is 44.1 Å². The average molecular weight is 313 g/mol. The number of urea groups is 1. The third-order valence-electron chi connectivity index (χ3n) is 5.51. The first-order valence-corrected chi connectivity index (χ1v) is 8.71. The van der Waals surface area contributed by atoms with E-state index in [9.17, 15) is 9.59 Å². The second-order valence-electron chi connectivity index (χ2n) is 6.94. The van der Waals surface area contributed by atoms with Crippen molar-refractivity contribution < 1.29 is 9.59 Å². The number of hydrogen-bond acceptors (Lipinski definition) is 2. The van der Waals surface area contributed by atoms with Gasteiger partial charge in [0.2, 0.25) is 5.91 Å². The molecule has 0 bridgehead atoms. The SMILES string of the molecule is O=C1CCc2ccc(NC(=O)N3CCC[C@H]4CCC[C@H]43)cc2N1. The number of anilines is 2. The van der Waals surface area contributed by atoms with Crippen molar-refractivity contribution in [3.05, 3.63) is 23.8 Å². The summed E-state index contributed by atoms with van der Waals surface area (Å²) in [7, 11) is 0. The fourth-order valence-corrected chi connectivity index (χ4v) is 4.35. The molecule has 122 valence electrons. The van der Waals surface area contributed by atoms with Gasteiger partial charge in [0.1, 0.15) is 0 Å². The second kappa shape index (κ2) is 5.87. The monoisotopic (exact) mass is 313 g/mol. The molecule has 5 nitrogen and oxygen atoms in total. The van der Waals surface area contributed by atoms with Gasteiger partial charge >= 0.3 is 6.03 Å². The van der Waals surface area contributed by atoms with Crippen molar-refractivity contribution >= 4 is 23.3 Å². The summed E-state index contributed by atoms with van der Waals surface area (Å²) in [5.74, 6) is 0.739. The van der Waals surface area contributed by atoms with Gasteiger partial charge in [-0.3, -0.25) is 4.79 Å². The van der Waals surface area contributed by atoms with Crippen LogP contribution in [-0.2, 0) is 11.2 Å². The Kier molecular flexibility index (Phi) is 3.71. The molecular weight excluding hydrogens is 290 g/mol. The number of rotatable bonds is 1. The van der Waals surface area contributed by atoms with Crippen LogP contribution >= 0.6 is 0 Å². The van der Waals surface area contributed by atoms with Gasteiger partial charge in [0.15, 0.2) is 0 Å². The number of nitrogens with zero attached hydrogens (tertiary/aromatic N) is 1. The van der Waals surface area contributed by atoms with Crippen LogP contribution in [0.15, 0.2) is 18.2 Å². The largest absolute Gasteiger partial charge is 0.326 e. The maximum absolute atomic E-state index is 12.7. The van der Waals surface area contributed by atoms with Gasteiger partial charge < -0.3 is 15.5 Å². The quantitative estimate of drug-likeness (QED) is 0.835. The van der Waals surface area contributed by atoms with E-state index in [0.717, 1.165) is 42.7 Å². The highest BCUT2D eigenvalue weighted by atomic mass is 16.2. The van der Waals surface area contributed by atoms with Crippen molar-refractivity contribution in [2.75, 3.05) is 17.2 Å². The minimum absolute atomic E-state index is 0.00341. The normalized spacial score (nSPS) is 26.3. The van der Waals surface area contributed by atoms with Gasteiger partial charge in [-0.05, 0) is 55.7 Å². The number of carbonyl (C=O) groups excluding carboxylic acids is 2. The molecule has 5 heteroatoms. The number of amides is 3. The van der Waals surface area contributed by atoms with Crippen LogP contribution in [0.25, 0.3) is 0 Å². The Morgan fingerprint density at radius 1 is 1.17 bits per heavy atom. The highest BCUT2D eigenvalue weighted by Crippen LogP contribution is 2.37. The molecule has 0 spiro atoms. The molecule has 1 aromatic carbocycles. The number of benzene rings is 1. The summed E-state index contributed by atoms with van der Waals surface area (Å²) < 4.78 is 0. The number of fused-ring (bicyclic) bond motifs is 2. The first-order chi connectivity index (χ1) is 11.2. The van der Waals surface area contributed by atoms with Gasteiger partial charge in [0.25, 0.3) is 0 Å². The first kappa shape index (κ1) is 14.5. The molecule has 23 heavy (non-hydrogen) atoms. The van der Waals surface area contributed by atoms with E-state index in [1.54, 1.807) is 0 Å². The maximum Gasteiger partial charge on any atom is 0.322 e. The Bertz CT molecular complexity index is 643. The summed E-state index contributed by atoms with van der Waals surface area (Å²) in [6.45, 7) is 0.856. The summed E-state index contributed by atoms with van der Waals surface area (Å²) in [4.78, 5) is 26.2. The lowest BCUT2D eigenvalue weighted by Gasteiger charge is -2.37. The molecule has 4 rings (SSSR count). The number of hydrogen-bond donors (Lipinski definition) is 2. The van der Waals surface area contributed by atoms with Crippen LogP contribution in [0.4, 0.5) is 16.2 Å². The van der Waals surface area contributed by atoms with Crippen molar-refractivity contribution in [1.82, 2.24) is 4.90 Å². The molecular formula is C18H23N3O2. The maximum atomic E-state index is 12.7. The van der Waals surface area contributed by atoms with Crippen LogP contribution in [-0.4, -0.2) is 29.4 Å². The summed E-state index contributed by atoms with van der Waals surface area (Å²) >= 11 is 0. The van der Waals surface area contributed by atoms with Crippen LogP contribution in [0.3, 0.4) is 0 Å². The molecule has 3 aliphatic rings. The number of likely N-dealkylation sites (tertiary alicyclic amines) is 1. The van der Waals surface area contributed by atoms with Crippen molar-refractivity contribution in [1.29, 1.82) is 0 Å². The van der Waals surface area contributed by atoms with Gasteiger partial charge in [0, 0.05) is 30.4 Å². The highest BCUT2D eigenvalue weighted by Gasteiger charge is 2.37. The van der Waals surface area contributed by atoms with Gasteiger partial charge in [0.05, 0.1) is 0 Å². The molecule has 1 aliphatic carbocycles. The lowest BCUT2D eigenvalue weighted by atomic mass is 9.92. The first-order valence-electron chi connectivity index (χ1n) is 8.71. The number of piperidine rings is 1. The Labute approximate surface area is 136 Å². The second-order valence-corrected chi connectivity index (χ2v) is 6.94. The molecule has 0 aromatic heterocycles. The van der Waals surface area contributed by atoms with Crippen LogP contribution in [0.2, 0.25) is 0 Å². The predicted octanol–water partition coefficient (Wildman–Crippen LogP) is 3.37. The van der Waals surface area contributed by atoms with Crippen molar-refractivity contribution in [2.45, 2.75) is 51.0 Å². The lowest BCUT2D eigenvalue weighted by Crippen LogP contribution is -2.48. The molecule has 0 radical (unpaired) electrons. The number of carbonyl (C=O) groups is 2. The molecule has 2 heterocycles. The van der Waals surface area contributed by atoms with E-state index >= 15 is 0 Å². The third-order valence-corrected chi connectivity index (χ3v) is 5.51. The fourth-order valence-electron chi connectivity index (χ4n) is 4.35. The molecule has 2 atom stereocenters. The smallest absolute Gasteiger partial charge is 0.322 e. The molecule has 2 N–H and O–H groups in total. The van der Waals surface area contributed by atoms with Gasteiger partial charge in [-0.25, -0.2) is 4.79 Å². The fraction of sp³-hybridized carbons (Fsp3) is 0.556. The molecule has 2 fully saturated rings.